The molecule has 0 aliphatic carbocycles. The molecule has 26 heavy (non-hydrogen) atoms. The Labute approximate surface area is 152 Å². The van der Waals surface area contributed by atoms with Crippen molar-refractivity contribution in [3.05, 3.63) is 71.0 Å². The molecule has 0 fully saturated rings. The second-order valence-corrected chi connectivity index (χ2v) is 6.97. The van der Waals surface area contributed by atoms with Gasteiger partial charge in [-0.1, -0.05) is 36.4 Å². The van der Waals surface area contributed by atoms with Crippen molar-refractivity contribution in [3.8, 4) is 0 Å². The van der Waals surface area contributed by atoms with E-state index in [-0.39, 0.29) is 11.8 Å². The Morgan fingerprint density at radius 1 is 0.923 bits per heavy atom. The van der Waals surface area contributed by atoms with Crippen LogP contribution in [0, 0.1) is 13.8 Å². The number of hydrogen-bond donors (Lipinski definition) is 3. The van der Waals surface area contributed by atoms with Gasteiger partial charge >= 0.3 is 0 Å². The molecule has 0 atom stereocenters. The summed E-state index contributed by atoms with van der Waals surface area (Å²) in [5, 5.41) is 5.44. The van der Waals surface area contributed by atoms with Crippen LogP contribution in [0.4, 0.5) is 0 Å². The summed E-state index contributed by atoms with van der Waals surface area (Å²) in [6.07, 6.45) is 4.16. The molecule has 0 saturated heterocycles. The predicted molar refractivity (Wildman–Crippen MR) is 107 cm³/mol. The minimum absolute atomic E-state index is 0.0120. The van der Waals surface area contributed by atoms with Crippen molar-refractivity contribution < 1.29 is 4.79 Å². The highest BCUT2D eigenvalue weighted by atomic mass is 16.1. The molecule has 2 heterocycles. The van der Waals surface area contributed by atoms with Crippen LogP contribution in [-0.4, -0.2) is 22.4 Å². The Bertz CT molecular complexity index is 1020. The summed E-state index contributed by atoms with van der Waals surface area (Å²) in [5.74, 6) is 0.0621. The minimum Gasteiger partial charge on any atom is -0.361 e. The number of aromatic amines is 2. The third-order valence-corrected chi connectivity index (χ3v) is 5.22. The first kappa shape index (κ1) is 16.5. The monoisotopic (exact) mass is 345 g/mol. The Hall–Kier alpha value is -3.01. The first-order valence-electron chi connectivity index (χ1n) is 8.94. The fraction of sp³-hybridized carbons (Fsp3) is 0.227. The molecule has 2 aromatic carbocycles. The molecule has 4 heteroatoms. The second-order valence-electron chi connectivity index (χ2n) is 6.97. The van der Waals surface area contributed by atoms with Crippen LogP contribution < -0.4 is 5.32 Å². The zero-order chi connectivity index (χ0) is 18.3. The van der Waals surface area contributed by atoms with Crippen molar-refractivity contribution in [1.82, 2.24) is 15.3 Å². The maximum Gasteiger partial charge on any atom is 0.216 e. The third-order valence-electron chi connectivity index (χ3n) is 5.22. The van der Waals surface area contributed by atoms with E-state index in [1.165, 1.54) is 33.0 Å². The van der Waals surface area contributed by atoms with E-state index >= 15 is 0 Å². The number of H-pyrrole nitrogens is 2. The van der Waals surface area contributed by atoms with Gasteiger partial charge in [0.2, 0.25) is 5.91 Å². The van der Waals surface area contributed by atoms with Crippen molar-refractivity contribution in [1.29, 1.82) is 0 Å². The lowest BCUT2D eigenvalue weighted by Crippen LogP contribution is -2.26. The quantitative estimate of drug-likeness (QED) is 0.500. The van der Waals surface area contributed by atoms with E-state index in [9.17, 15) is 4.79 Å². The minimum atomic E-state index is -0.0120. The van der Waals surface area contributed by atoms with Gasteiger partial charge in [-0.3, -0.25) is 4.79 Å². The molecule has 1 amide bonds. The van der Waals surface area contributed by atoms with Crippen molar-refractivity contribution in [2.75, 3.05) is 6.54 Å². The lowest BCUT2D eigenvalue weighted by molar-refractivity contribution is -0.118. The van der Waals surface area contributed by atoms with Gasteiger partial charge in [-0.05, 0) is 36.1 Å². The standard InChI is InChI=1S/C22H23N3O/c1-13-6-4-8-16-18(11-24-21(13)16)20(10-23-15(3)26)19-12-25-22-14(2)7-5-9-17(19)22/h4-9,11-12,20,24-25H,10H2,1-3H3,(H,23,26). The van der Waals surface area contributed by atoms with E-state index in [0.717, 1.165) is 11.0 Å². The molecule has 4 nitrogen and oxygen atoms in total. The number of benzene rings is 2. The summed E-state index contributed by atoms with van der Waals surface area (Å²) in [5.41, 5.74) is 7.18. The van der Waals surface area contributed by atoms with Crippen molar-refractivity contribution in [2.24, 2.45) is 0 Å². The normalized spacial score (nSPS) is 11.5. The van der Waals surface area contributed by atoms with Gasteiger partial charge in [0.1, 0.15) is 0 Å². The summed E-state index contributed by atoms with van der Waals surface area (Å²) in [7, 11) is 0. The van der Waals surface area contributed by atoms with Gasteiger partial charge in [0.05, 0.1) is 0 Å². The van der Waals surface area contributed by atoms with Crippen LogP contribution >= 0.6 is 0 Å². The van der Waals surface area contributed by atoms with E-state index in [4.69, 9.17) is 0 Å². The van der Waals surface area contributed by atoms with Crippen LogP contribution in [0.2, 0.25) is 0 Å². The number of carbonyl (C=O) groups is 1. The van der Waals surface area contributed by atoms with Crippen molar-refractivity contribution in [3.63, 3.8) is 0 Å². The predicted octanol–water partition coefficient (Wildman–Crippen LogP) is 4.53. The zero-order valence-electron chi connectivity index (χ0n) is 15.3. The van der Waals surface area contributed by atoms with Gasteiger partial charge in [0.15, 0.2) is 0 Å². The topological polar surface area (TPSA) is 60.7 Å². The van der Waals surface area contributed by atoms with Crippen LogP contribution in [0.1, 0.15) is 35.1 Å². The number of hydrogen-bond acceptors (Lipinski definition) is 1. The highest BCUT2D eigenvalue weighted by Gasteiger charge is 2.22. The zero-order valence-corrected chi connectivity index (χ0v) is 15.3. The molecule has 0 bridgehead atoms. The number of amides is 1. The fourth-order valence-electron chi connectivity index (χ4n) is 3.86. The van der Waals surface area contributed by atoms with Gasteiger partial charge in [0.25, 0.3) is 0 Å². The molecule has 0 aliphatic heterocycles. The first-order valence-corrected chi connectivity index (χ1v) is 8.94. The van der Waals surface area contributed by atoms with Crippen LogP contribution in [0.25, 0.3) is 21.8 Å². The van der Waals surface area contributed by atoms with E-state index < -0.39 is 0 Å². The molecule has 4 aromatic rings. The molecular formula is C22H23N3O. The van der Waals surface area contributed by atoms with Gasteiger partial charge < -0.3 is 15.3 Å². The molecule has 0 radical (unpaired) electrons. The van der Waals surface area contributed by atoms with Crippen molar-refractivity contribution >= 4 is 27.7 Å². The van der Waals surface area contributed by atoms with Crippen molar-refractivity contribution in [2.45, 2.75) is 26.7 Å². The smallest absolute Gasteiger partial charge is 0.216 e. The van der Waals surface area contributed by atoms with Gasteiger partial charge in [-0.25, -0.2) is 0 Å². The fourth-order valence-corrected chi connectivity index (χ4v) is 3.86. The number of rotatable bonds is 4. The lowest BCUT2D eigenvalue weighted by atomic mass is 9.90. The third kappa shape index (κ3) is 2.68. The van der Waals surface area contributed by atoms with E-state index in [2.05, 4.69) is 77.9 Å². The van der Waals surface area contributed by atoms with E-state index in [1.807, 2.05) is 0 Å². The molecule has 0 aliphatic rings. The first-order chi connectivity index (χ1) is 12.6. The number of aromatic nitrogens is 2. The Balaban J connectivity index is 1.90. The number of carbonyl (C=O) groups excluding carboxylic acids is 1. The van der Waals surface area contributed by atoms with Crippen LogP contribution in [0.5, 0.6) is 0 Å². The molecule has 132 valence electrons. The molecule has 3 N–H and O–H groups in total. The Kier molecular flexibility index (Phi) is 4.03. The molecule has 0 unspecified atom stereocenters. The van der Waals surface area contributed by atoms with Gasteiger partial charge in [-0.15, -0.1) is 0 Å². The highest BCUT2D eigenvalue weighted by Crippen LogP contribution is 2.35. The summed E-state index contributed by atoms with van der Waals surface area (Å²) in [6.45, 7) is 6.36. The molecular weight excluding hydrogens is 322 g/mol. The molecule has 2 aromatic heterocycles. The Morgan fingerprint density at radius 2 is 1.42 bits per heavy atom. The maximum atomic E-state index is 11.6. The highest BCUT2D eigenvalue weighted by molar-refractivity contribution is 5.90. The summed E-state index contributed by atoms with van der Waals surface area (Å²) < 4.78 is 0. The average Bonchev–Trinajstić information content (AvgIpc) is 3.22. The van der Waals surface area contributed by atoms with Crippen LogP contribution in [0.3, 0.4) is 0 Å². The maximum absolute atomic E-state index is 11.6. The molecule has 0 spiro atoms. The number of fused-ring (bicyclic) bond motifs is 2. The van der Waals surface area contributed by atoms with E-state index in [1.54, 1.807) is 6.92 Å². The van der Waals surface area contributed by atoms with E-state index in [0.29, 0.717) is 6.54 Å². The van der Waals surface area contributed by atoms with Crippen LogP contribution in [-0.2, 0) is 4.79 Å². The summed E-state index contributed by atoms with van der Waals surface area (Å²) >= 11 is 0. The number of aryl methyl sites for hydroxylation is 2. The molecule has 0 saturated carbocycles. The SMILES string of the molecule is CC(=O)NCC(c1c[nH]c2c(C)cccc12)c1c[nH]c2c(C)cccc12. The average molecular weight is 345 g/mol. The summed E-state index contributed by atoms with van der Waals surface area (Å²) in [4.78, 5) is 18.4. The van der Waals surface area contributed by atoms with Gasteiger partial charge in [-0.2, -0.15) is 0 Å². The number of para-hydroxylation sites is 2. The largest absolute Gasteiger partial charge is 0.361 e. The molecule has 4 rings (SSSR count). The lowest BCUT2D eigenvalue weighted by Gasteiger charge is -2.17. The second kappa shape index (κ2) is 6.37. The summed E-state index contributed by atoms with van der Waals surface area (Å²) in [6, 6.07) is 12.7. The Morgan fingerprint density at radius 3 is 1.88 bits per heavy atom. The number of nitrogens with one attached hydrogen (secondary N) is 3. The van der Waals surface area contributed by atoms with Crippen LogP contribution in [0.15, 0.2) is 48.8 Å². The van der Waals surface area contributed by atoms with Gasteiger partial charge in [0, 0.05) is 53.6 Å².